The second-order valence-electron chi connectivity index (χ2n) is 5.60. The molecule has 0 amide bonds. The van der Waals surface area contributed by atoms with Gasteiger partial charge in [-0.15, -0.1) is 5.10 Å². The molecule has 23 heavy (non-hydrogen) atoms. The minimum Gasteiger partial charge on any atom is -0.474 e. The zero-order chi connectivity index (χ0) is 16.7. The minimum absolute atomic E-state index is 0.0610. The molecule has 0 radical (unpaired) electrons. The fourth-order valence-corrected chi connectivity index (χ4v) is 3.14. The SMILES string of the molecule is CC(C)Oc1nc(N)nc2nn([C@H]3C[C@H](O)[C@@H](CO)O3)c(Br)c12. The molecular weight excluding hydrogens is 370 g/mol. The lowest BCUT2D eigenvalue weighted by Crippen LogP contribution is -2.24. The van der Waals surface area contributed by atoms with E-state index in [1.54, 1.807) is 4.68 Å². The van der Waals surface area contributed by atoms with Gasteiger partial charge in [0.1, 0.15) is 16.1 Å². The third kappa shape index (κ3) is 2.99. The van der Waals surface area contributed by atoms with Crippen LogP contribution in [0, 0.1) is 0 Å². The zero-order valence-corrected chi connectivity index (χ0v) is 14.3. The Kier molecular flexibility index (Phi) is 4.41. The van der Waals surface area contributed by atoms with Crippen molar-refractivity contribution in [2.75, 3.05) is 12.3 Å². The van der Waals surface area contributed by atoms with Crippen molar-refractivity contribution in [3.8, 4) is 5.88 Å². The van der Waals surface area contributed by atoms with Crippen molar-refractivity contribution >= 4 is 32.9 Å². The summed E-state index contributed by atoms with van der Waals surface area (Å²) in [6.07, 6.45) is -1.71. The van der Waals surface area contributed by atoms with E-state index in [1.165, 1.54) is 0 Å². The lowest BCUT2D eigenvalue weighted by Gasteiger charge is -2.13. The molecule has 0 aliphatic carbocycles. The fraction of sp³-hybridized carbons (Fsp3) is 0.615. The van der Waals surface area contributed by atoms with Crippen LogP contribution in [0.25, 0.3) is 11.0 Å². The van der Waals surface area contributed by atoms with Crippen molar-refractivity contribution < 1.29 is 19.7 Å². The van der Waals surface area contributed by atoms with Gasteiger partial charge in [0.25, 0.3) is 0 Å². The third-order valence-corrected chi connectivity index (χ3v) is 4.25. The van der Waals surface area contributed by atoms with Crippen LogP contribution in [0.1, 0.15) is 26.5 Å². The van der Waals surface area contributed by atoms with E-state index < -0.39 is 18.4 Å². The number of anilines is 1. The maximum absolute atomic E-state index is 9.89. The van der Waals surface area contributed by atoms with Gasteiger partial charge in [-0.2, -0.15) is 9.97 Å². The highest BCUT2D eigenvalue weighted by atomic mass is 79.9. The molecule has 9 nitrogen and oxygen atoms in total. The van der Waals surface area contributed by atoms with Crippen LogP contribution in [-0.4, -0.2) is 54.9 Å². The van der Waals surface area contributed by atoms with Crippen LogP contribution in [0.3, 0.4) is 0 Å². The largest absolute Gasteiger partial charge is 0.474 e. The van der Waals surface area contributed by atoms with Crippen LogP contribution in [0.2, 0.25) is 0 Å². The number of halogens is 1. The molecule has 0 spiro atoms. The van der Waals surface area contributed by atoms with Gasteiger partial charge in [-0.25, -0.2) is 4.68 Å². The summed E-state index contributed by atoms with van der Waals surface area (Å²) in [6, 6.07) is 0. The number of aromatic nitrogens is 4. The molecular formula is C13H18BrN5O4. The van der Waals surface area contributed by atoms with Crippen LogP contribution < -0.4 is 10.5 Å². The Balaban J connectivity index is 2.05. The summed E-state index contributed by atoms with van der Waals surface area (Å²) >= 11 is 3.46. The van der Waals surface area contributed by atoms with Gasteiger partial charge in [-0.05, 0) is 29.8 Å². The van der Waals surface area contributed by atoms with Crippen molar-refractivity contribution in [2.45, 2.75) is 44.8 Å². The Morgan fingerprint density at radius 2 is 2.22 bits per heavy atom. The number of aliphatic hydroxyl groups excluding tert-OH is 2. The molecule has 1 aliphatic heterocycles. The topological polar surface area (TPSA) is 129 Å². The van der Waals surface area contributed by atoms with Crippen LogP contribution in [0.4, 0.5) is 5.95 Å². The molecule has 1 saturated heterocycles. The molecule has 4 N–H and O–H groups in total. The molecule has 2 aromatic rings. The second-order valence-corrected chi connectivity index (χ2v) is 6.35. The van der Waals surface area contributed by atoms with Gasteiger partial charge in [0.15, 0.2) is 11.9 Å². The van der Waals surface area contributed by atoms with Gasteiger partial charge in [0.05, 0.1) is 18.8 Å². The quantitative estimate of drug-likeness (QED) is 0.695. The van der Waals surface area contributed by atoms with E-state index in [4.69, 9.17) is 15.2 Å². The zero-order valence-electron chi connectivity index (χ0n) is 12.7. The molecule has 0 aromatic carbocycles. The Labute approximate surface area is 140 Å². The predicted octanol–water partition coefficient (Wildman–Crippen LogP) is 0.599. The van der Waals surface area contributed by atoms with E-state index in [2.05, 4.69) is 31.0 Å². The van der Waals surface area contributed by atoms with Gasteiger partial charge >= 0.3 is 0 Å². The smallest absolute Gasteiger partial charge is 0.231 e. The molecule has 2 aromatic heterocycles. The van der Waals surface area contributed by atoms with Crippen molar-refractivity contribution in [3.63, 3.8) is 0 Å². The summed E-state index contributed by atoms with van der Waals surface area (Å²) in [5.74, 6) is 0.392. The number of hydrogen-bond acceptors (Lipinski definition) is 8. The van der Waals surface area contributed by atoms with E-state index in [-0.39, 0.29) is 18.7 Å². The lowest BCUT2D eigenvalue weighted by molar-refractivity contribution is -0.0489. The first-order valence-electron chi connectivity index (χ1n) is 7.23. The number of nitrogen functional groups attached to an aromatic ring is 1. The van der Waals surface area contributed by atoms with Crippen LogP contribution in [0.5, 0.6) is 5.88 Å². The van der Waals surface area contributed by atoms with Crippen molar-refractivity contribution in [1.82, 2.24) is 19.7 Å². The van der Waals surface area contributed by atoms with Gasteiger partial charge in [-0.1, -0.05) is 0 Å². The van der Waals surface area contributed by atoms with Crippen LogP contribution in [0.15, 0.2) is 4.60 Å². The number of aliphatic hydroxyl groups is 2. The van der Waals surface area contributed by atoms with Gasteiger partial charge < -0.3 is 25.4 Å². The minimum atomic E-state index is -0.758. The number of ether oxygens (including phenoxy) is 2. The molecule has 3 rings (SSSR count). The molecule has 3 atom stereocenters. The summed E-state index contributed by atoms with van der Waals surface area (Å²) < 4.78 is 13.4. The first kappa shape index (κ1) is 16.4. The van der Waals surface area contributed by atoms with Crippen LogP contribution >= 0.6 is 15.9 Å². The van der Waals surface area contributed by atoms with E-state index in [1.807, 2.05) is 13.8 Å². The van der Waals surface area contributed by atoms with Gasteiger partial charge in [-0.3, -0.25) is 0 Å². The first-order valence-corrected chi connectivity index (χ1v) is 8.02. The monoisotopic (exact) mass is 387 g/mol. The third-order valence-electron chi connectivity index (χ3n) is 3.49. The maximum atomic E-state index is 9.89. The summed E-state index contributed by atoms with van der Waals surface area (Å²) in [5, 5.41) is 24.0. The first-order chi connectivity index (χ1) is 10.9. The average molecular weight is 388 g/mol. The molecule has 0 bridgehead atoms. The number of fused-ring (bicyclic) bond motifs is 1. The Morgan fingerprint density at radius 1 is 1.48 bits per heavy atom. The molecule has 0 unspecified atom stereocenters. The fourth-order valence-electron chi connectivity index (χ4n) is 2.49. The summed E-state index contributed by atoms with van der Waals surface area (Å²) in [6.45, 7) is 3.50. The lowest BCUT2D eigenvalue weighted by atomic mass is 10.2. The van der Waals surface area contributed by atoms with E-state index in [0.717, 1.165) is 0 Å². The predicted molar refractivity (Wildman–Crippen MR) is 84.8 cm³/mol. The Morgan fingerprint density at radius 3 is 2.83 bits per heavy atom. The Hall–Kier alpha value is -1.49. The highest BCUT2D eigenvalue weighted by molar-refractivity contribution is 9.10. The standard InChI is InChI=1S/C13H18BrN5O4/c1-5(2)22-12-9-10(14)19(18-11(9)16-13(15)17-12)8-3-6(21)7(4-20)23-8/h5-8,20-21H,3-4H2,1-2H3,(H2,15,16,18)/t6-,7+,8+/m0/s1. The number of rotatable bonds is 4. The average Bonchev–Trinajstić information content (AvgIpc) is 2.98. The normalized spacial score (nSPS) is 24.7. The maximum Gasteiger partial charge on any atom is 0.231 e. The van der Waals surface area contributed by atoms with E-state index in [0.29, 0.717) is 27.9 Å². The second kappa shape index (κ2) is 6.19. The molecule has 10 heteroatoms. The van der Waals surface area contributed by atoms with Crippen molar-refractivity contribution in [1.29, 1.82) is 0 Å². The highest BCUT2D eigenvalue weighted by Crippen LogP contribution is 2.37. The molecule has 1 fully saturated rings. The number of nitrogens with two attached hydrogens (primary N) is 1. The Bertz CT molecular complexity index is 722. The summed E-state index contributed by atoms with van der Waals surface area (Å²) in [7, 11) is 0. The van der Waals surface area contributed by atoms with Crippen LogP contribution in [-0.2, 0) is 4.74 Å². The molecule has 0 saturated carbocycles. The van der Waals surface area contributed by atoms with E-state index >= 15 is 0 Å². The number of hydrogen-bond donors (Lipinski definition) is 3. The summed E-state index contributed by atoms with van der Waals surface area (Å²) in [4.78, 5) is 8.23. The molecule has 126 valence electrons. The van der Waals surface area contributed by atoms with Gasteiger partial charge in [0, 0.05) is 6.42 Å². The highest BCUT2D eigenvalue weighted by Gasteiger charge is 2.36. The van der Waals surface area contributed by atoms with Crippen molar-refractivity contribution in [3.05, 3.63) is 4.60 Å². The molecule has 1 aliphatic rings. The van der Waals surface area contributed by atoms with Crippen molar-refractivity contribution in [2.24, 2.45) is 0 Å². The van der Waals surface area contributed by atoms with Gasteiger partial charge in [0.2, 0.25) is 11.8 Å². The summed E-state index contributed by atoms with van der Waals surface area (Å²) in [5.41, 5.74) is 6.07. The van der Waals surface area contributed by atoms with E-state index in [9.17, 15) is 10.2 Å². The number of nitrogens with zero attached hydrogens (tertiary/aromatic N) is 4. The molecule has 3 heterocycles.